The Bertz CT molecular complexity index is 976. The van der Waals surface area contributed by atoms with Crippen LogP contribution in [0, 0.1) is 12.7 Å². The molecule has 0 bridgehead atoms. The van der Waals surface area contributed by atoms with Crippen LogP contribution < -0.4 is 4.90 Å². The zero-order chi connectivity index (χ0) is 19.7. The largest absolute Gasteiger partial charge is 0.351 e. The third kappa shape index (κ3) is 3.33. The van der Waals surface area contributed by atoms with Crippen molar-refractivity contribution in [3.05, 3.63) is 59.9 Å². The third-order valence-electron chi connectivity index (χ3n) is 5.02. The molecule has 1 fully saturated rings. The minimum atomic E-state index is -0.436. The van der Waals surface area contributed by atoms with E-state index in [0.717, 1.165) is 5.69 Å². The molecule has 7 nitrogen and oxygen atoms in total. The predicted molar refractivity (Wildman–Crippen MR) is 103 cm³/mol. The number of halogens is 1. The van der Waals surface area contributed by atoms with Crippen LogP contribution in [0.2, 0.25) is 0 Å². The lowest BCUT2D eigenvalue weighted by atomic mass is 10.1. The molecular weight excluding hydrogens is 359 g/mol. The first-order valence-electron chi connectivity index (χ1n) is 9.15. The van der Waals surface area contributed by atoms with Crippen molar-refractivity contribution < 1.29 is 9.18 Å². The van der Waals surface area contributed by atoms with Crippen molar-refractivity contribution >= 4 is 11.7 Å². The lowest BCUT2D eigenvalue weighted by Crippen LogP contribution is -2.49. The number of amides is 1. The van der Waals surface area contributed by atoms with Crippen LogP contribution in [0.4, 0.5) is 10.2 Å². The van der Waals surface area contributed by atoms with Crippen LogP contribution in [0.5, 0.6) is 0 Å². The van der Waals surface area contributed by atoms with E-state index in [0.29, 0.717) is 37.4 Å². The standard InChI is InChI=1S/C20H21FN6O/c1-14-12-16(24-25(14)2)20(28)27-10-8-26(9-11-27)19-17(21)18(22-13-23-19)15-6-4-3-5-7-15/h3-7,12-13H,8-11H2,1-2H3. The topological polar surface area (TPSA) is 67.2 Å². The normalized spacial score (nSPS) is 14.4. The summed E-state index contributed by atoms with van der Waals surface area (Å²) >= 11 is 0. The molecule has 8 heteroatoms. The summed E-state index contributed by atoms with van der Waals surface area (Å²) in [4.78, 5) is 24.5. The second-order valence-electron chi connectivity index (χ2n) is 6.80. The number of carbonyl (C=O) groups excluding carboxylic acids is 1. The second-order valence-corrected chi connectivity index (χ2v) is 6.80. The number of hydrogen-bond donors (Lipinski definition) is 0. The van der Waals surface area contributed by atoms with E-state index in [-0.39, 0.29) is 17.4 Å². The van der Waals surface area contributed by atoms with Gasteiger partial charge in [-0.25, -0.2) is 14.4 Å². The van der Waals surface area contributed by atoms with Gasteiger partial charge in [-0.15, -0.1) is 0 Å². The summed E-state index contributed by atoms with van der Waals surface area (Å²) in [5, 5.41) is 4.25. The van der Waals surface area contributed by atoms with Gasteiger partial charge in [0.1, 0.15) is 12.0 Å². The summed E-state index contributed by atoms with van der Waals surface area (Å²) in [6.45, 7) is 3.88. The Hall–Kier alpha value is -3.29. The van der Waals surface area contributed by atoms with Gasteiger partial charge in [0.25, 0.3) is 5.91 Å². The molecule has 1 saturated heterocycles. The van der Waals surface area contributed by atoms with Gasteiger partial charge in [0, 0.05) is 44.5 Å². The van der Waals surface area contributed by atoms with Gasteiger partial charge >= 0.3 is 0 Å². The van der Waals surface area contributed by atoms with E-state index in [4.69, 9.17) is 0 Å². The molecule has 0 saturated carbocycles. The molecular formula is C20H21FN6O. The summed E-state index contributed by atoms with van der Waals surface area (Å²) in [5.41, 5.74) is 2.36. The number of anilines is 1. The van der Waals surface area contributed by atoms with E-state index in [1.54, 1.807) is 15.6 Å². The van der Waals surface area contributed by atoms with Gasteiger partial charge < -0.3 is 9.80 Å². The Balaban J connectivity index is 1.49. The summed E-state index contributed by atoms with van der Waals surface area (Å²) in [5.74, 6) is -0.264. The van der Waals surface area contributed by atoms with Crippen LogP contribution in [-0.4, -0.2) is 56.7 Å². The van der Waals surface area contributed by atoms with E-state index in [1.165, 1.54) is 6.33 Å². The molecule has 0 radical (unpaired) electrons. The SMILES string of the molecule is Cc1cc(C(=O)N2CCN(c3ncnc(-c4ccccc4)c3F)CC2)nn1C. The number of aromatic nitrogens is 4. The molecule has 0 N–H and O–H groups in total. The Kier molecular flexibility index (Phi) is 4.77. The van der Waals surface area contributed by atoms with Gasteiger partial charge in [0.05, 0.1) is 0 Å². The Morgan fingerprint density at radius 3 is 2.43 bits per heavy atom. The molecule has 1 aliphatic rings. The molecule has 0 aliphatic carbocycles. The lowest BCUT2D eigenvalue weighted by Gasteiger charge is -2.35. The second kappa shape index (κ2) is 7.38. The van der Waals surface area contributed by atoms with E-state index in [9.17, 15) is 4.79 Å². The zero-order valence-electron chi connectivity index (χ0n) is 15.8. The maximum Gasteiger partial charge on any atom is 0.274 e. The summed E-state index contributed by atoms with van der Waals surface area (Å²) in [7, 11) is 1.81. The quantitative estimate of drug-likeness (QED) is 0.697. The minimum absolute atomic E-state index is 0.100. The average molecular weight is 380 g/mol. The van der Waals surface area contributed by atoms with Gasteiger partial charge in [-0.1, -0.05) is 30.3 Å². The Labute approximate surface area is 162 Å². The molecule has 4 rings (SSSR count). The lowest BCUT2D eigenvalue weighted by molar-refractivity contribution is 0.0739. The highest BCUT2D eigenvalue weighted by Gasteiger charge is 2.27. The molecule has 2 aromatic heterocycles. The number of rotatable bonds is 3. The minimum Gasteiger partial charge on any atom is -0.351 e. The van der Waals surface area contributed by atoms with Crippen LogP contribution in [0.25, 0.3) is 11.3 Å². The van der Waals surface area contributed by atoms with Gasteiger partial charge in [-0.2, -0.15) is 5.10 Å². The van der Waals surface area contributed by atoms with Crippen molar-refractivity contribution in [3.8, 4) is 11.3 Å². The van der Waals surface area contributed by atoms with Gasteiger partial charge in [-0.3, -0.25) is 9.48 Å². The molecule has 1 amide bonds. The molecule has 0 atom stereocenters. The highest BCUT2D eigenvalue weighted by atomic mass is 19.1. The van der Waals surface area contributed by atoms with E-state index in [1.807, 2.05) is 49.2 Å². The van der Waals surface area contributed by atoms with Gasteiger partial charge in [0.2, 0.25) is 0 Å². The average Bonchev–Trinajstić information content (AvgIpc) is 3.07. The van der Waals surface area contributed by atoms with Crippen molar-refractivity contribution in [2.45, 2.75) is 6.92 Å². The highest BCUT2D eigenvalue weighted by molar-refractivity contribution is 5.92. The number of carbonyl (C=O) groups is 1. The fraction of sp³-hybridized carbons (Fsp3) is 0.300. The molecule has 1 aromatic carbocycles. The van der Waals surface area contributed by atoms with Crippen LogP contribution in [0.1, 0.15) is 16.2 Å². The first-order chi connectivity index (χ1) is 13.5. The van der Waals surface area contributed by atoms with Gasteiger partial charge in [0.15, 0.2) is 17.3 Å². The first kappa shape index (κ1) is 18.1. The fourth-order valence-corrected chi connectivity index (χ4v) is 3.33. The van der Waals surface area contributed by atoms with Crippen LogP contribution in [0.15, 0.2) is 42.7 Å². The third-order valence-corrected chi connectivity index (χ3v) is 5.02. The number of aryl methyl sites for hydroxylation is 2. The zero-order valence-corrected chi connectivity index (χ0v) is 15.8. The van der Waals surface area contributed by atoms with Crippen molar-refractivity contribution in [1.29, 1.82) is 0 Å². The molecule has 28 heavy (non-hydrogen) atoms. The maximum absolute atomic E-state index is 15.1. The summed E-state index contributed by atoms with van der Waals surface area (Å²) < 4.78 is 16.7. The molecule has 0 spiro atoms. The van der Waals surface area contributed by atoms with E-state index < -0.39 is 5.82 Å². The van der Waals surface area contributed by atoms with Crippen molar-refractivity contribution in [2.75, 3.05) is 31.1 Å². The highest BCUT2D eigenvalue weighted by Crippen LogP contribution is 2.26. The molecule has 3 heterocycles. The molecule has 0 unspecified atom stereocenters. The molecule has 1 aliphatic heterocycles. The van der Waals surface area contributed by atoms with E-state index >= 15 is 4.39 Å². The number of benzene rings is 1. The smallest absolute Gasteiger partial charge is 0.274 e. The van der Waals surface area contributed by atoms with Crippen molar-refractivity contribution in [3.63, 3.8) is 0 Å². The van der Waals surface area contributed by atoms with Crippen LogP contribution in [-0.2, 0) is 7.05 Å². The first-order valence-corrected chi connectivity index (χ1v) is 9.15. The van der Waals surface area contributed by atoms with Crippen molar-refractivity contribution in [1.82, 2.24) is 24.6 Å². The van der Waals surface area contributed by atoms with Crippen molar-refractivity contribution in [2.24, 2.45) is 7.05 Å². The fourth-order valence-electron chi connectivity index (χ4n) is 3.33. The number of hydrogen-bond acceptors (Lipinski definition) is 5. The maximum atomic E-state index is 15.1. The summed E-state index contributed by atoms with van der Waals surface area (Å²) in [6, 6.07) is 11.0. The van der Waals surface area contributed by atoms with Crippen LogP contribution >= 0.6 is 0 Å². The number of piperazine rings is 1. The number of nitrogens with zero attached hydrogens (tertiary/aromatic N) is 6. The van der Waals surface area contributed by atoms with Gasteiger partial charge in [-0.05, 0) is 13.0 Å². The van der Waals surface area contributed by atoms with Crippen LogP contribution in [0.3, 0.4) is 0 Å². The monoisotopic (exact) mass is 380 g/mol. The van der Waals surface area contributed by atoms with E-state index in [2.05, 4.69) is 15.1 Å². The Morgan fingerprint density at radius 1 is 1.07 bits per heavy atom. The Morgan fingerprint density at radius 2 is 1.79 bits per heavy atom. The predicted octanol–water partition coefficient (Wildman–Crippen LogP) is 2.29. The molecule has 3 aromatic rings. The summed E-state index contributed by atoms with van der Waals surface area (Å²) in [6.07, 6.45) is 1.38. The molecule has 144 valence electrons.